The summed E-state index contributed by atoms with van der Waals surface area (Å²) in [5.41, 5.74) is 1.10. The first-order valence-electron chi connectivity index (χ1n) is 7.92. The quantitative estimate of drug-likeness (QED) is 0.857. The van der Waals surface area contributed by atoms with Crippen LogP contribution in [0, 0.1) is 0 Å². The minimum absolute atomic E-state index is 0.286. The molecule has 1 spiro atoms. The molecule has 0 aromatic carbocycles. The molecule has 3 rings (SSSR count). The first-order chi connectivity index (χ1) is 10.1. The SMILES string of the molecule is CC(C)c1cc(N(C)C2CCC3(CC2)OCCO3)ncn1. The average molecular weight is 291 g/mol. The summed E-state index contributed by atoms with van der Waals surface area (Å²) in [5.74, 6) is 1.16. The van der Waals surface area contributed by atoms with Crippen LogP contribution < -0.4 is 4.90 Å². The average Bonchev–Trinajstić information content (AvgIpc) is 2.96. The van der Waals surface area contributed by atoms with Gasteiger partial charge in [0.05, 0.1) is 13.2 Å². The minimum atomic E-state index is -0.286. The molecule has 0 N–H and O–H groups in total. The molecule has 2 fully saturated rings. The Morgan fingerprint density at radius 1 is 1.19 bits per heavy atom. The van der Waals surface area contributed by atoms with Gasteiger partial charge in [0, 0.05) is 37.7 Å². The lowest BCUT2D eigenvalue weighted by Gasteiger charge is -2.39. The molecule has 0 radical (unpaired) electrons. The van der Waals surface area contributed by atoms with Gasteiger partial charge in [-0.1, -0.05) is 13.8 Å². The zero-order valence-corrected chi connectivity index (χ0v) is 13.2. The Bertz CT molecular complexity index is 476. The topological polar surface area (TPSA) is 47.5 Å². The molecule has 2 heterocycles. The summed E-state index contributed by atoms with van der Waals surface area (Å²) in [7, 11) is 2.13. The molecule has 1 aromatic rings. The highest BCUT2D eigenvalue weighted by atomic mass is 16.7. The Balaban J connectivity index is 1.66. The third-order valence-electron chi connectivity index (χ3n) is 4.70. The number of hydrogen-bond donors (Lipinski definition) is 0. The zero-order valence-electron chi connectivity index (χ0n) is 13.2. The minimum Gasteiger partial charge on any atom is -0.357 e. The van der Waals surface area contributed by atoms with E-state index in [1.807, 2.05) is 0 Å². The standard InChI is InChI=1S/C16H25N3O2/c1-12(2)14-10-15(18-11-17-14)19(3)13-4-6-16(7-5-13)20-8-9-21-16/h10-13H,4-9H2,1-3H3. The highest BCUT2D eigenvalue weighted by Gasteiger charge is 2.41. The lowest BCUT2D eigenvalue weighted by Crippen LogP contribution is -2.43. The molecule has 5 nitrogen and oxygen atoms in total. The van der Waals surface area contributed by atoms with Crippen LogP contribution in [0.15, 0.2) is 12.4 Å². The molecule has 2 aliphatic rings. The van der Waals surface area contributed by atoms with E-state index in [9.17, 15) is 0 Å². The van der Waals surface area contributed by atoms with Crippen LogP contribution in [0.2, 0.25) is 0 Å². The van der Waals surface area contributed by atoms with Gasteiger partial charge in [0.25, 0.3) is 0 Å². The molecule has 21 heavy (non-hydrogen) atoms. The van der Waals surface area contributed by atoms with Crippen molar-refractivity contribution in [3.05, 3.63) is 18.1 Å². The van der Waals surface area contributed by atoms with Gasteiger partial charge in [0.15, 0.2) is 5.79 Å². The molecule has 0 amide bonds. The van der Waals surface area contributed by atoms with Crippen molar-refractivity contribution in [1.29, 1.82) is 0 Å². The lowest BCUT2D eigenvalue weighted by molar-refractivity contribution is -0.178. The van der Waals surface area contributed by atoms with Gasteiger partial charge in [-0.15, -0.1) is 0 Å². The Labute approximate surface area is 126 Å². The van der Waals surface area contributed by atoms with Crippen LogP contribution in [0.4, 0.5) is 5.82 Å². The maximum absolute atomic E-state index is 5.80. The van der Waals surface area contributed by atoms with Crippen molar-refractivity contribution in [1.82, 2.24) is 9.97 Å². The number of rotatable bonds is 3. The van der Waals surface area contributed by atoms with E-state index < -0.39 is 0 Å². The zero-order chi connectivity index (χ0) is 14.9. The van der Waals surface area contributed by atoms with Gasteiger partial charge < -0.3 is 14.4 Å². The molecule has 1 aliphatic carbocycles. The van der Waals surface area contributed by atoms with Gasteiger partial charge in [-0.05, 0) is 18.8 Å². The second-order valence-corrected chi connectivity index (χ2v) is 6.41. The van der Waals surface area contributed by atoms with Crippen molar-refractivity contribution in [2.24, 2.45) is 0 Å². The van der Waals surface area contributed by atoms with Crippen molar-refractivity contribution in [3.63, 3.8) is 0 Å². The molecule has 0 atom stereocenters. The van der Waals surface area contributed by atoms with Crippen LogP contribution in [-0.2, 0) is 9.47 Å². The van der Waals surface area contributed by atoms with E-state index >= 15 is 0 Å². The summed E-state index contributed by atoms with van der Waals surface area (Å²) >= 11 is 0. The van der Waals surface area contributed by atoms with Crippen LogP contribution in [0.3, 0.4) is 0 Å². The predicted octanol–water partition coefficient (Wildman–Crippen LogP) is 2.72. The van der Waals surface area contributed by atoms with Crippen molar-refractivity contribution in [2.75, 3.05) is 25.2 Å². The van der Waals surface area contributed by atoms with Gasteiger partial charge in [0.1, 0.15) is 12.1 Å². The maximum atomic E-state index is 5.80. The predicted molar refractivity (Wildman–Crippen MR) is 81.4 cm³/mol. The van der Waals surface area contributed by atoms with Gasteiger partial charge in [-0.25, -0.2) is 9.97 Å². The molecule has 1 saturated carbocycles. The number of anilines is 1. The third kappa shape index (κ3) is 3.04. The molecule has 1 aromatic heterocycles. The van der Waals surface area contributed by atoms with Gasteiger partial charge in [-0.3, -0.25) is 0 Å². The van der Waals surface area contributed by atoms with Gasteiger partial charge in [-0.2, -0.15) is 0 Å². The maximum Gasteiger partial charge on any atom is 0.168 e. The highest BCUT2D eigenvalue weighted by molar-refractivity contribution is 5.40. The van der Waals surface area contributed by atoms with E-state index in [4.69, 9.17) is 9.47 Å². The summed E-state index contributed by atoms with van der Waals surface area (Å²) in [6, 6.07) is 2.61. The lowest BCUT2D eigenvalue weighted by atomic mass is 9.89. The number of ether oxygens (including phenoxy) is 2. The second kappa shape index (κ2) is 5.89. The largest absolute Gasteiger partial charge is 0.357 e. The Kier molecular flexibility index (Phi) is 4.13. The molecule has 1 saturated heterocycles. The second-order valence-electron chi connectivity index (χ2n) is 6.41. The van der Waals surface area contributed by atoms with Crippen LogP contribution in [0.25, 0.3) is 0 Å². The fourth-order valence-electron chi connectivity index (χ4n) is 3.27. The normalized spacial score (nSPS) is 22.1. The van der Waals surface area contributed by atoms with Crippen molar-refractivity contribution >= 4 is 5.82 Å². The van der Waals surface area contributed by atoms with E-state index in [-0.39, 0.29) is 5.79 Å². The monoisotopic (exact) mass is 291 g/mol. The van der Waals surface area contributed by atoms with Crippen molar-refractivity contribution in [2.45, 2.75) is 57.3 Å². The van der Waals surface area contributed by atoms with Gasteiger partial charge >= 0.3 is 0 Å². The van der Waals surface area contributed by atoms with E-state index in [1.54, 1.807) is 6.33 Å². The Hall–Kier alpha value is -1.20. The number of nitrogens with zero attached hydrogens (tertiary/aromatic N) is 3. The third-order valence-corrected chi connectivity index (χ3v) is 4.70. The molecule has 0 bridgehead atoms. The first kappa shape index (κ1) is 14.7. The fourth-order valence-corrected chi connectivity index (χ4v) is 3.27. The van der Waals surface area contributed by atoms with E-state index in [1.165, 1.54) is 0 Å². The fraction of sp³-hybridized carbons (Fsp3) is 0.750. The summed E-state index contributed by atoms with van der Waals surface area (Å²) in [6.07, 6.45) is 5.79. The smallest absolute Gasteiger partial charge is 0.168 e. The van der Waals surface area contributed by atoms with Crippen LogP contribution in [0.1, 0.15) is 51.1 Å². The summed E-state index contributed by atoms with van der Waals surface area (Å²) in [6.45, 7) is 5.80. The van der Waals surface area contributed by atoms with Crippen molar-refractivity contribution in [3.8, 4) is 0 Å². The molecule has 116 valence electrons. The Morgan fingerprint density at radius 2 is 1.86 bits per heavy atom. The summed E-state index contributed by atoms with van der Waals surface area (Å²) in [5, 5.41) is 0. The number of aromatic nitrogens is 2. The summed E-state index contributed by atoms with van der Waals surface area (Å²) in [4.78, 5) is 11.1. The molecule has 1 aliphatic heterocycles. The van der Waals surface area contributed by atoms with Gasteiger partial charge in [0.2, 0.25) is 0 Å². The van der Waals surface area contributed by atoms with E-state index in [0.29, 0.717) is 12.0 Å². The van der Waals surface area contributed by atoms with E-state index in [2.05, 4.69) is 41.8 Å². The first-order valence-corrected chi connectivity index (χ1v) is 7.92. The molecule has 5 heteroatoms. The Morgan fingerprint density at radius 3 is 2.48 bits per heavy atom. The van der Waals surface area contributed by atoms with Crippen molar-refractivity contribution < 1.29 is 9.47 Å². The summed E-state index contributed by atoms with van der Waals surface area (Å²) < 4.78 is 11.6. The molecular formula is C16H25N3O2. The molecular weight excluding hydrogens is 266 g/mol. The van der Waals surface area contributed by atoms with Crippen LogP contribution in [0.5, 0.6) is 0 Å². The number of hydrogen-bond acceptors (Lipinski definition) is 5. The van der Waals surface area contributed by atoms with Crippen LogP contribution in [-0.4, -0.2) is 42.1 Å². The molecule has 0 unspecified atom stereocenters. The highest BCUT2D eigenvalue weighted by Crippen LogP contribution is 2.37. The van der Waals surface area contributed by atoms with E-state index in [0.717, 1.165) is 50.4 Å². The van der Waals surface area contributed by atoms with Crippen LogP contribution >= 0.6 is 0 Å².